The molecule has 0 spiro atoms. The molecule has 3 aromatic carbocycles. The molecule has 176 valence electrons. The molecular weight excluding hydrogens is 466 g/mol. The molecule has 1 aromatic heterocycles. The second-order valence-corrected chi connectivity index (χ2v) is 8.61. The normalized spacial score (nSPS) is 14.7. The van der Waals surface area contributed by atoms with Crippen molar-refractivity contribution in [2.45, 2.75) is 18.9 Å². The van der Waals surface area contributed by atoms with Gasteiger partial charge in [0.2, 0.25) is 5.91 Å². The minimum Gasteiger partial charge on any atom is -0.493 e. The van der Waals surface area contributed by atoms with Gasteiger partial charge in [-0.15, -0.1) is 0 Å². The van der Waals surface area contributed by atoms with Crippen molar-refractivity contribution in [3.63, 3.8) is 0 Å². The summed E-state index contributed by atoms with van der Waals surface area (Å²) in [6, 6.07) is 22.1. The van der Waals surface area contributed by atoms with Gasteiger partial charge in [-0.05, 0) is 35.4 Å². The summed E-state index contributed by atoms with van der Waals surface area (Å²) in [7, 11) is 1.55. The maximum absolute atomic E-state index is 13.1. The van der Waals surface area contributed by atoms with Crippen LogP contribution in [0.1, 0.15) is 29.0 Å². The Morgan fingerprint density at radius 3 is 2.60 bits per heavy atom. The van der Waals surface area contributed by atoms with Gasteiger partial charge in [-0.1, -0.05) is 60.1 Å². The van der Waals surface area contributed by atoms with Gasteiger partial charge in [0, 0.05) is 22.9 Å². The highest BCUT2D eigenvalue weighted by Crippen LogP contribution is 2.38. The number of hydrogen-bond acceptors (Lipinski definition) is 5. The Kier molecular flexibility index (Phi) is 6.25. The molecule has 0 bridgehead atoms. The van der Waals surface area contributed by atoms with E-state index < -0.39 is 5.92 Å². The van der Waals surface area contributed by atoms with Crippen molar-refractivity contribution in [2.24, 2.45) is 0 Å². The summed E-state index contributed by atoms with van der Waals surface area (Å²) in [6.45, 7) is 0.316. The lowest BCUT2D eigenvalue weighted by Crippen LogP contribution is -2.31. The average Bonchev–Trinajstić information content (AvgIpc) is 2.87. The van der Waals surface area contributed by atoms with Crippen molar-refractivity contribution in [1.82, 2.24) is 9.97 Å². The van der Waals surface area contributed by atoms with Crippen molar-refractivity contribution < 1.29 is 14.3 Å². The number of benzene rings is 3. The fourth-order valence-corrected chi connectivity index (χ4v) is 4.41. The lowest BCUT2D eigenvalue weighted by Gasteiger charge is -2.25. The van der Waals surface area contributed by atoms with E-state index in [1.54, 1.807) is 25.3 Å². The maximum Gasteiger partial charge on any atom is 0.257 e. The number of hydrogen-bond donors (Lipinski definition) is 2. The first-order valence-electron chi connectivity index (χ1n) is 11.1. The number of aromatic nitrogens is 2. The minimum absolute atomic E-state index is 0.119. The van der Waals surface area contributed by atoms with E-state index in [0.29, 0.717) is 34.5 Å². The summed E-state index contributed by atoms with van der Waals surface area (Å²) in [5.74, 6) is 1.04. The molecule has 4 aromatic rings. The molecule has 0 saturated heterocycles. The smallest absolute Gasteiger partial charge is 0.257 e. The third-order valence-corrected chi connectivity index (χ3v) is 6.11. The number of aromatic amines is 1. The summed E-state index contributed by atoms with van der Waals surface area (Å²) >= 11 is 6.06. The number of carbonyl (C=O) groups is 1. The zero-order chi connectivity index (χ0) is 24.4. The number of ether oxygens (including phenoxy) is 2. The van der Waals surface area contributed by atoms with Crippen LogP contribution >= 0.6 is 11.6 Å². The molecule has 5 rings (SSSR count). The van der Waals surface area contributed by atoms with Crippen LogP contribution in [0.2, 0.25) is 5.02 Å². The second kappa shape index (κ2) is 9.64. The largest absolute Gasteiger partial charge is 0.493 e. The summed E-state index contributed by atoms with van der Waals surface area (Å²) in [6.07, 6.45) is 0.119. The molecule has 1 aliphatic rings. The van der Waals surface area contributed by atoms with E-state index in [0.717, 1.165) is 16.7 Å². The number of methoxy groups -OCH3 is 1. The number of anilines is 1. The van der Waals surface area contributed by atoms with Gasteiger partial charge in [0.25, 0.3) is 5.56 Å². The zero-order valence-electron chi connectivity index (χ0n) is 18.9. The summed E-state index contributed by atoms with van der Waals surface area (Å²) < 4.78 is 11.5. The standard InChI is InChI=1S/C27H22ClN3O4/c1-34-22-13-18(10-11-21(22)35-15-16-6-5-9-19(28)12-16)20-14-23(32)29-26-24(20)27(33)31-25(30-26)17-7-3-2-4-8-17/h2-13,20H,14-15H2,1H3,(H2,29,30,31,32,33)/t20-/m0/s1. The quantitative estimate of drug-likeness (QED) is 0.392. The van der Waals surface area contributed by atoms with Gasteiger partial charge in [0.1, 0.15) is 18.2 Å². The highest BCUT2D eigenvalue weighted by atomic mass is 35.5. The van der Waals surface area contributed by atoms with Crippen LogP contribution in [0.25, 0.3) is 11.4 Å². The number of rotatable bonds is 6. The number of amides is 1. The van der Waals surface area contributed by atoms with E-state index in [-0.39, 0.29) is 23.7 Å². The fraction of sp³-hybridized carbons (Fsp3) is 0.148. The molecule has 1 amide bonds. The molecule has 0 unspecified atom stereocenters. The Labute approximate surface area is 206 Å². The van der Waals surface area contributed by atoms with Crippen LogP contribution in [0.15, 0.2) is 77.6 Å². The first-order valence-corrected chi connectivity index (χ1v) is 11.4. The molecule has 1 aliphatic heterocycles. The number of nitrogens with one attached hydrogen (secondary N) is 2. The Bertz CT molecular complexity index is 1450. The number of H-pyrrole nitrogens is 1. The predicted molar refractivity (Wildman–Crippen MR) is 134 cm³/mol. The Balaban J connectivity index is 1.47. The number of fused-ring (bicyclic) bond motifs is 1. The lowest BCUT2D eigenvalue weighted by molar-refractivity contribution is -0.116. The fourth-order valence-electron chi connectivity index (χ4n) is 4.20. The molecule has 0 fully saturated rings. The van der Waals surface area contributed by atoms with E-state index in [9.17, 15) is 9.59 Å². The van der Waals surface area contributed by atoms with E-state index in [1.807, 2.05) is 54.6 Å². The monoisotopic (exact) mass is 487 g/mol. The van der Waals surface area contributed by atoms with Gasteiger partial charge < -0.3 is 19.8 Å². The molecule has 7 nitrogen and oxygen atoms in total. The van der Waals surface area contributed by atoms with Crippen LogP contribution in [0.5, 0.6) is 11.5 Å². The van der Waals surface area contributed by atoms with Gasteiger partial charge >= 0.3 is 0 Å². The minimum atomic E-state index is -0.476. The van der Waals surface area contributed by atoms with Crippen molar-refractivity contribution in [3.05, 3.63) is 105 Å². The molecular formula is C27H22ClN3O4. The third-order valence-electron chi connectivity index (χ3n) is 5.87. The van der Waals surface area contributed by atoms with Crippen LogP contribution in [0.4, 0.5) is 5.82 Å². The van der Waals surface area contributed by atoms with E-state index in [2.05, 4.69) is 15.3 Å². The molecule has 2 heterocycles. The van der Waals surface area contributed by atoms with Crippen molar-refractivity contribution in [1.29, 1.82) is 0 Å². The topological polar surface area (TPSA) is 93.3 Å². The number of halogens is 1. The summed E-state index contributed by atoms with van der Waals surface area (Å²) in [5.41, 5.74) is 2.56. The molecule has 1 atom stereocenters. The first-order chi connectivity index (χ1) is 17.0. The van der Waals surface area contributed by atoms with Crippen molar-refractivity contribution in [3.8, 4) is 22.9 Å². The average molecular weight is 488 g/mol. The van der Waals surface area contributed by atoms with Crippen LogP contribution < -0.4 is 20.3 Å². The molecule has 0 aliphatic carbocycles. The van der Waals surface area contributed by atoms with Crippen molar-refractivity contribution in [2.75, 3.05) is 12.4 Å². The molecule has 0 saturated carbocycles. The van der Waals surface area contributed by atoms with Gasteiger partial charge in [-0.2, -0.15) is 0 Å². The summed E-state index contributed by atoms with van der Waals surface area (Å²) in [4.78, 5) is 33.1. The van der Waals surface area contributed by atoms with Crippen LogP contribution in [-0.4, -0.2) is 23.0 Å². The Hall–Kier alpha value is -4.10. The first kappa shape index (κ1) is 22.7. The number of nitrogens with zero attached hydrogens (tertiary/aromatic N) is 1. The van der Waals surface area contributed by atoms with E-state index >= 15 is 0 Å². The van der Waals surface area contributed by atoms with Crippen LogP contribution in [0, 0.1) is 0 Å². The predicted octanol–water partition coefficient (Wildman–Crippen LogP) is 5.15. The highest BCUT2D eigenvalue weighted by molar-refractivity contribution is 6.30. The Morgan fingerprint density at radius 1 is 1.00 bits per heavy atom. The van der Waals surface area contributed by atoms with Gasteiger partial charge in [0.15, 0.2) is 11.5 Å². The Morgan fingerprint density at radius 2 is 1.83 bits per heavy atom. The SMILES string of the molecule is COc1cc([C@@H]2CC(=O)Nc3nc(-c4ccccc4)[nH]c(=O)c32)ccc1OCc1cccc(Cl)c1. The maximum atomic E-state index is 13.1. The number of carbonyl (C=O) groups excluding carboxylic acids is 1. The molecule has 0 radical (unpaired) electrons. The van der Waals surface area contributed by atoms with Gasteiger partial charge in [-0.25, -0.2) is 4.98 Å². The van der Waals surface area contributed by atoms with E-state index in [1.165, 1.54) is 0 Å². The molecule has 35 heavy (non-hydrogen) atoms. The van der Waals surface area contributed by atoms with Crippen molar-refractivity contribution >= 4 is 23.3 Å². The van der Waals surface area contributed by atoms with Gasteiger partial charge in [-0.3, -0.25) is 9.59 Å². The molecule has 2 N–H and O–H groups in total. The summed E-state index contributed by atoms with van der Waals surface area (Å²) in [5, 5.41) is 3.39. The molecule has 8 heteroatoms. The van der Waals surface area contributed by atoms with Crippen LogP contribution in [0.3, 0.4) is 0 Å². The lowest BCUT2D eigenvalue weighted by atomic mass is 9.86. The second-order valence-electron chi connectivity index (χ2n) is 8.18. The third kappa shape index (κ3) is 4.76. The zero-order valence-corrected chi connectivity index (χ0v) is 19.6. The van der Waals surface area contributed by atoms with Gasteiger partial charge in [0.05, 0.1) is 12.7 Å². The van der Waals surface area contributed by atoms with E-state index in [4.69, 9.17) is 21.1 Å². The highest BCUT2D eigenvalue weighted by Gasteiger charge is 2.31. The van der Waals surface area contributed by atoms with Crippen LogP contribution in [-0.2, 0) is 11.4 Å².